The number of carbonyl (C=O) groups excluding carboxylic acids is 1. The predicted molar refractivity (Wildman–Crippen MR) is 34.2 cm³/mol. The molecule has 0 aromatic carbocycles. The Bertz CT molecular complexity index is 283. The fourth-order valence-corrected chi connectivity index (χ4v) is 0.989. The van der Waals surface area contributed by atoms with E-state index < -0.39 is 0 Å². The van der Waals surface area contributed by atoms with Gasteiger partial charge in [-0.1, -0.05) is 6.07 Å². The topological polar surface area (TPSA) is 42.0 Å². The molecule has 0 spiro atoms. The van der Waals surface area contributed by atoms with Gasteiger partial charge in [0.15, 0.2) is 0 Å². The van der Waals surface area contributed by atoms with E-state index in [0.29, 0.717) is 12.2 Å². The summed E-state index contributed by atoms with van der Waals surface area (Å²) in [5.74, 6) is -0.0909. The number of amides is 1. The molecular weight excluding hydrogens is 128 g/mol. The highest BCUT2D eigenvalue weighted by Gasteiger charge is 2.18. The molecule has 0 bridgehead atoms. The largest absolute Gasteiger partial charge is 0.347 e. The Balaban J connectivity index is 2.61. The average molecular weight is 133 g/mol. The zero-order valence-electron chi connectivity index (χ0n) is 5.22. The fourth-order valence-electron chi connectivity index (χ4n) is 0.989. The van der Waals surface area contributed by atoms with Gasteiger partial charge < -0.3 is 5.32 Å². The molecule has 1 aromatic rings. The molecule has 2 rings (SSSR count). The molecule has 0 unspecified atom stereocenters. The van der Waals surface area contributed by atoms with Gasteiger partial charge in [0.05, 0.1) is 6.20 Å². The summed E-state index contributed by atoms with van der Waals surface area (Å²) in [7, 11) is 0. The molecule has 1 aliphatic heterocycles. The van der Waals surface area contributed by atoms with Gasteiger partial charge in [0, 0.05) is 12.1 Å². The molecule has 1 aliphatic rings. The lowest BCUT2D eigenvalue weighted by molar-refractivity contribution is 0.0961. The summed E-state index contributed by atoms with van der Waals surface area (Å²) in [5, 5.41) is 2.66. The van der Waals surface area contributed by atoms with Crippen LogP contribution in [0.15, 0.2) is 12.1 Å². The molecule has 3 nitrogen and oxygen atoms in total. The van der Waals surface area contributed by atoms with E-state index in [1.807, 2.05) is 6.07 Å². The monoisotopic (exact) mass is 133 g/mol. The van der Waals surface area contributed by atoms with Crippen molar-refractivity contribution in [1.82, 2.24) is 10.3 Å². The molecule has 0 atom stereocenters. The van der Waals surface area contributed by atoms with Crippen molar-refractivity contribution < 1.29 is 4.79 Å². The van der Waals surface area contributed by atoms with E-state index in [9.17, 15) is 4.79 Å². The molecular formula is C7H5N2O. The maximum Gasteiger partial charge on any atom is 0.270 e. The lowest BCUT2D eigenvalue weighted by atomic mass is 10.2. The molecule has 2 heterocycles. The van der Waals surface area contributed by atoms with Gasteiger partial charge in [0.25, 0.3) is 5.91 Å². The van der Waals surface area contributed by atoms with Gasteiger partial charge in [-0.3, -0.25) is 4.79 Å². The molecule has 0 fully saturated rings. The summed E-state index contributed by atoms with van der Waals surface area (Å²) in [4.78, 5) is 14.7. The number of hydrogen-bond donors (Lipinski definition) is 1. The predicted octanol–water partition coefficient (Wildman–Crippen LogP) is 0.125. The average Bonchev–Trinajstić information content (AvgIpc) is 2.34. The zero-order valence-corrected chi connectivity index (χ0v) is 5.22. The van der Waals surface area contributed by atoms with Crippen LogP contribution in [-0.4, -0.2) is 10.9 Å². The summed E-state index contributed by atoms with van der Waals surface area (Å²) in [6.07, 6.45) is 2.61. The number of carbonyl (C=O) groups is 1. The van der Waals surface area contributed by atoms with Crippen LogP contribution in [0.5, 0.6) is 0 Å². The maximum atomic E-state index is 10.9. The highest BCUT2D eigenvalue weighted by molar-refractivity contribution is 5.96. The van der Waals surface area contributed by atoms with Crippen LogP contribution in [0.1, 0.15) is 16.1 Å². The Kier molecular flexibility index (Phi) is 0.974. The van der Waals surface area contributed by atoms with Crippen LogP contribution >= 0.6 is 0 Å². The third kappa shape index (κ3) is 0.603. The van der Waals surface area contributed by atoms with E-state index in [1.54, 1.807) is 6.07 Å². The Morgan fingerprint density at radius 2 is 2.60 bits per heavy atom. The van der Waals surface area contributed by atoms with Gasteiger partial charge in [0.2, 0.25) is 0 Å². The second-order valence-corrected chi connectivity index (χ2v) is 2.13. The van der Waals surface area contributed by atoms with E-state index in [1.165, 1.54) is 0 Å². The first-order valence-corrected chi connectivity index (χ1v) is 3.02. The minimum atomic E-state index is -0.0909. The number of nitrogens with zero attached hydrogens (tertiary/aromatic N) is 1. The summed E-state index contributed by atoms with van der Waals surface area (Å²) in [6.45, 7) is 0.607. The molecule has 0 saturated heterocycles. The first-order valence-electron chi connectivity index (χ1n) is 3.02. The second kappa shape index (κ2) is 1.80. The molecule has 0 aliphatic carbocycles. The van der Waals surface area contributed by atoms with Crippen LogP contribution < -0.4 is 5.32 Å². The van der Waals surface area contributed by atoms with Crippen LogP contribution in [0.3, 0.4) is 0 Å². The van der Waals surface area contributed by atoms with E-state index in [0.717, 1.165) is 5.56 Å². The molecule has 1 amide bonds. The van der Waals surface area contributed by atoms with Crippen molar-refractivity contribution in [2.24, 2.45) is 0 Å². The Hall–Kier alpha value is -1.38. The summed E-state index contributed by atoms with van der Waals surface area (Å²) in [5.41, 5.74) is 1.48. The number of hydrogen-bond acceptors (Lipinski definition) is 2. The number of pyridine rings is 1. The van der Waals surface area contributed by atoms with Gasteiger partial charge in [-0.2, -0.15) is 0 Å². The number of fused-ring (bicyclic) bond motifs is 1. The van der Waals surface area contributed by atoms with Crippen LogP contribution in [-0.2, 0) is 6.54 Å². The number of nitrogens with one attached hydrogen (secondary N) is 1. The number of rotatable bonds is 0. The lowest BCUT2D eigenvalue weighted by Crippen LogP contribution is -2.13. The zero-order chi connectivity index (χ0) is 6.97. The van der Waals surface area contributed by atoms with E-state index in [2.05, 4.69) is 16.5 Å². The highest BCUT2D eigenvalue weighted by Crippen LogP contribution is 2.09. The van der Waals surface area contributed by atoms with Crippen LogP contribution in [0.25, 0.3) is 0 Å². The maximum absolute atomic E-state index is 10.9. The lowest BCUT2D eigenvalue weighted by Gasteiger charge is -1.88. The van der Waals surface area contributed by atoms with Gasteiger partial charge >= 0.3 is 0 Å². The van der Waals surface area contributed by atoms with Crippen LogP contribution in [0.4, 0.5) is 0 Å². The van der Waals surface area contributed by atoms with Crippen molar-refractivity contribution in [3.63, 3.8) is 0 Å². The third-order valence-electron chi connectivity index (χ3n) is 1.49. The third-order valence-corrected chi connectivity index (χ3v) is 1.49. The molecule has 1 N–H and O–H groups in total. The van der Waals surface area contributed by atoms with Crippen LogP contribution in [0.2, 0.25) is 0 Å². The van der Waals surface area contributed by atoms with Crippen molar-refractivity contribution in [3.05, 3.63) is 29.6 Å². The van der Waals surface area contributed by atoms with Gasteiger partial charge in [-0.25, -0.2) is 4.98 Å². The Morgan fingerprint density at radius 3 is 3.40 bits per heavy atom. The van der Waals surface area contributed by atoms with Gasteiger partial charge in [0.1, 0.15) is 5.69 Å². The standard InChI is InChI=1S/C7H5N2O/c10-7-6-5(4-9-7)2-1-3-8-6/h1-2H,4H2,(H,9,10). The van der Waals surface area contributed by atoms with Crippen molar-refractivity contribution >= 4 is 5.91 Å². The Morgan fingerprint density at radius 1 is 1.70 bits per heavy atom. The van der Waals surface area contributed by atoms with Crippen molar-refractivity contribution in [2.75, 3.05) is 0 Å². The second-order valence-electron chi connectivity index (χ2n) is 2.13. The van der Waals surface area contributed by atoms with Crippen molar-refractivity contribution in [2.45, 2.75) is 6.54 Å². The van der Waals surface area contributed by atoms with Crippen LogP contribution in [0, 0.1) is 6.20 Å². The van der Waals surface area contributed by atoms with Gasteiger partial charge in [-0.05, 0) is 6.07 Å². The molecule has 1 radical (unpaired) electrons. The van der Waals surface area contributed by atoms with E-state index >= 15 is 0 Å². The normalized spacial score (nSPS) is 14.6. The Labute approximate surface area is 58.1 Å². The molecule has 10 heavy (non-hydrogen) atoms. The quantitative estimate of drug-likeness (QED) is 0.546. The summed E-state index contributed by atoms with van der Waals surface area (Å²) >= 11 is 0. The molecule has 3 heteroatoms. The smallest absolute Gasteiger partial charge is 0.270 e. The van der Waals surface area contributed by atoms with E-state index in [4.69, 9.17) is 0 Å². The first kappa shape index (κ1) is 5.41. The molecule has 0 saturated carbocycles. The summed E-state index contributed by atoms with van der Waals surface area (Å²) < 4.78 is 0. The fraction of sp³-hybridized carbons (Fsp3) is 0.143. The molecule has 1 aromatic heterocycles. The SMILES string of the molecule is O=C1NCc2cc[c]nc21. The summed E-state index contributed by atoms with van der Waals surface area (Å²) in [6, 6.07) is 3.55. The number of aromatic nitrogens is 1. The highest BCUT2D eigenvalue weighted by atomic mass is 16.2. The van der Waals surface area contributed by atoms with E-state index in [-0.39, 0.29) is 5.91 Å². The minimum Gasteiger partial charge on any atom is -0.347 e. The minimum absolute atomic E-state index is 0.0909. The molecule has 49 valence electrons. The van der Waals surface area contributed by atoms with Gasteiger partial charge in [-0.15, -0.1) is 0 Å². The first-order chi connectivity index (χ1) is 4.88. The van der Waals surface area contributed by atoms with Crippen molar-refractivity contribution in [3.8, 4) is 0 Å². The van der Waals surface area contributed by atoms with Crippen molar-refractivity contribution in [1.29, 1.82) is 0 Å².